The number of nitrogens with one attached hydrogen (secondary N) is 3. The lowest BCUT2D eigenvalue weighted by molar-refractivity contribution is 0.0732. The molecule has 5 rings (SSSR count). The van der Waals surface area contributed by atoms with Crippen molar-refractivity contribution < 1.29 is 17.9 Å². The van der Waals surface area contributed by atoms with E-state index in [1.165, 1.54) is 6.20 Å². The normalized spacial score (nSPS) is 15.4. The minimum atomic E-state index is -3.56. The molecule has 3 aromatic rings. The molecule has 0 saturated carbocycles. The first-order chi connectivity index (χ1) is 19.0. The van der Waals surface area contributed by atoms with Gasteiger partial charge in [-0.15, -0.1) is 0 Å². The summed E-state index contributed by atoms with van der Waals surface area (Å²) in [6.45, 7) is 10.2. The van der Waals surface area contributed by atoms with Crippen molar-refractivity contribution in [1.29, 1.82) is 0 Å². The molecule has 3 N–H and O–H groups in total. The second-order valence-corrected chi connectivity index (χ2v) is 13.5. The number of rotatable bonds is 10. The third-order valence-corrected chi connectivity index (χ3v) is 9.34. The number of halogens is 1. The summed E-state index contributed by atoms with van der Waals surface area (Å²) in [4.78, 5) is 24.1. The molecule has 0 unspecified atom stereocenters. The average Bonchev–Trinajstić information content (AvgIpc) is 3.17. The van der Waals surface area contributed by atoms with Crippen LogP contribution in [0.3, 0.4) is 0 Å². The van der Waals surface area contributed by atoms with Crippen LogP contribution in [0.15, 0.2) is 47.5 Å². The van der Waals surface area contributed by atoms with Crippen LogP contribution >= 0.6 is 11.6 Å². The van der Waals surface area contributed by atoms with Crippen molar-refractivity contribution in [1.82, 2.24) is 20.2 Å². The van der Waals surface area contributed by atoms with Gasteiger partial charge in [0.15, 0.2) is 15.7 Å². The zero-order valence-corrected chi connectivity index (χ0v) is 24.4. The van der Waals surface area contributed by atoms with Gasteiger partial charge in [-0.05, 0) is 57.5 Å². The molecule has 0 spiro atoms. The molecule has 0 aliphatic carbocycles. The van der Waals surface area contributed by atoms with Gasteiger partial charge in [0.05, 0.1) is 33.8 Å². The highest BCUT2D eigenvalue weighted by Gasteiger charge is 2.32. The second kappa shape index (κ2) is 11.2. The highest BCUT2D eigenvalue weighted by atomic mass is 35.5. The Bertz CT molecular complexity index is 1540. The molecule has 10 nitrogen and oxygen atoms in total. The summed E-state index contributed by atoms with van der Waals surface area (Å²) in [5, 5.41) is 9.10. The maximum absolute atomic E-state index is 13.2. The van der Waals surface area contributed by atoms with Crippen LogP contribution in [0.4, 0.5) is 23.1 Å². The molecule has 0 bridgehead atoms. The molecule has 1 saturated heterocycles. The van der Waals surface area contributed by atoms with Crippen molar-refractivity contribution >= 4 is 50.5 Å². The molecule has 2 aliphatic heterocycles. The molecule has 3 heterocycles. The molecular formula is C28H33ClN6O4S. The van der Waals surface area contributed by atoms with Crippen molar-refractivity contribution in [2.75, 3.05) is 30.3 Å². The fourth-order valence-corrected chi connectivity index (χ4v) is 5.96. The van der Waals surface area contributed by atoms with E-state index in [1.54, 1.807) is 44.2 Å². The Morgan fingerprint density at radius 3 is 2.55 bits per heavy atom. The van der Waals surface area contributed by atoms with Crippen LogP contribution in [0.1, 0.15) is 43.6 Å². The second-order valence-electron chi connectivity index (χ2n) is 10.6. The molecular weight excluding hydrogens is 552 g/mol. The number of para-hydroxylation sites is 1. The first kappa shape index (κ1) is 28.1. The largest absolute Gasteiger partial charge is 0.489 e. The molecule has 1 fully saturated rings. The lowest BCUT2D eigenvalue weighted by Gasteiger charge is -2.31. The van der Waals surface area contributed by atoms with Crippen molar-refractivity contribution in [2.24, 2.45) is 5.92 Å². The number of carbonyl (C=O) groups excluding carboxylic acids is 1. The van der Waals surface area contributed by atoms with Crippen molar-refractivity contribution in [2.45, 2.75) is 50.5 Å². The van der Waals surface area contributed by atoms with E-state index in [0.717, 1.165) is 18.7 Å². The van der Waals surface area contributed by atoms with Crippen molar-refractivity contribution in [3.63, 3.8) is 0 Å². The average molecular weight is 585 g/mol. The van der Waals surface area contributed by atoms with Crippen molar-refractivity contribution in [3.05, 3.63) is 58.7 Å². The van der Waals surface area contributed by atoms with E-state index in [0.29, 0.717) is 41.7 Å². The topological polar surface area (TPSA) is 126 Å². The summed E-state index contributed by atoms with van der Waals surface area (Å²) in [5.74, 6) is 1.47. The van der Waals surface area contributed by atoms with Crippen molar-refractivity contribution in [3.8, 4) is 5.75 Å². The standard InChI is InChI=1S/C28H33ClN6O4S/c1-16(2)39-24-9-19-15-35(14-18-11-30-12-18)27(36)20(19)10-23(24)33-28-31-13-21(29)26(34-28)32-22-7-5-6-8-25(22)40(37,38)17(3)4/h5-10,13,16-18,30H,11-12,14-15H2,1-4H3,(H2,31,32,33,34). The van der Waals surface area contributed by atoms with Gasteiger partial charge in [-0.3, -0.25) is 4.79 Å². The number of hydrogen-bond acceptors (Lipinski definition) is 9. The predicted octanol–water partition coefficient (Wildman–Crippen LogP) is 4.76. The molecule has 2 aromatic carbocycles. The van der Waals surface area contributed by atoms with Crippen LogP contribution in [0, 0.1) is 5.92 Å². The summed E-state index contributed by atoms with van der Waals surface area (Å²) in [7, 11) is -3.56. The molecule has 12 heteroatoms. The quantitative estimate of drug-likeness (QED) is 0.309. The number of ether oxygens (including phenoxy) is 1. The number of amides is 1. The van der Waals surface area contributed by atoms with Gasteiger partial charge in [0.2, 0.25) is 5.95 Å². The van der Waals surface area contributed by atoms with Gasteiger partial charge in [-0.25, -0.2) is 13.4 Å². The summed E-state index contributed by atoms with van der Waals surface area (Å²) < 4.78 is 31.9. The first-order valence-corrected chi connectivity index (χ1v) is 15.2. The SMILES string of the molecule is CC(C)Oc1cc2c(cc1Nc1ncc(Cl)c(Nc3ccccc3S(=O)(=O)C(C)C)n1)C(=O)N(CC1CNC1)C2. The van der Waals surface area contributed by atoms with Crippen LogP contribution in [0.2, 0.25) is 5.02 Å². The molecule has 2 aliphatic rings. The maximum Gasteiger partial charge on any atom is 0.254 e. The number of hydrogen-bond donors (Lipinski definition) is 3. The predicted molar refractivity (Wildman–Crippen MR) is 156 cm³/mol. The van der Waals surface area contributed by atoms with Gasteiger partial charge >= 0.3 is 0 Å². The van der Waals surface area contributed by atoms with Gasteiger partial charge in [-0.1, -0.05) is 23.7 Å². The molecule has 40 heavy (non-hydrogen) atoms. The van der Waals surface area contributed by atoms with Crippen LogP contribution in [0.25, 0.3) is 0 Å². The van der Waals surface area contributed by atoms with Crippen LogP contribution in [-0.2, 0) is 16.4 Å². The maximum atomic E-state index is 13.2. The summed E-state index contributed by atoms with van der Waals surface area (Å²) >= 11 is 6.40. The Labute approximate surface area is 239 Å². The Morgan fingerprint density at radius 1 is 1.12 bits per heavy atom. The zero-order chi connectivity index (χ0) is 28.6. The fourth-order valence-electron chi connectivity index (χ4n) is 4.62. The zero-order valence-electron chi connectivity index (χ0n) is 22.9. The summed E-state index contributed by atoms with van der Waals surface area (Å²) in [5.41, 5.74) is 2.44. The van der Waals surface area contributed by atoms with Gasteiger partial charge in [0.1, 0.15) is 10.8 Å². The number of sulfone groups is 1. The molecule has 1 amide bonds. The molecule has 0 atom stereocenters. The Balaban J connectivity index is 1.44. The van der Waals surface area contributed by atoms with E-state index in [9.17, 15) is 13.2 Å². The lowest BCUT2D eigenvalue weighted by Crippen LogP contribution is -2.48. The van der Waals surface area contributed by atoms with E-state index in [2.05, 4.69) is 25.9 Å². The van der Waals surface area contributed by atoms with Gasteiger partial charge in [0, 0.05) is 37.7 Å². The number of carbonyl (C=O) groups is 1. The number of nitrogens with zero attached hydrogens (tertiary/aromatic N) is 3. The molecule has 0 radical (unpaired) electrons. The van der Waals surface area contributed by atoms with Crippen LogP contribution < -0.4 is 20.7 Å². The molecule has 212 valence electrons. The third kappa shape index (κ3) is 5.72. The Morgan fingerprint density at radius 2 is 1.88 bits per heavy atom. The van der Waals surface area contributed by atoms with Crippen LogP contribution in [0.5, 0.6) is 5.75 Å². The monoisotopic (exact) mass is 584 g/mol. The van der Waals surface area contributed by atoms with E-state index in [4.69, 9.17) is 16.3 Å². The van der Waals surface area contributed by atoms with Gasteiger partial charge < -0.3 is 25.6 Å². The van der Waals surface area contributed by atoms with Gasteiger partial charge in [-0.2, -0.15) is 4.98 Å². The third-order valence-electron chi connectivity index (χ3n) is 6.85. The lowest BCUT2D eigenvalue weighted by atomic mass is 10.0. The number of aromatic nitrogens is 2. The van der Waals surface area contributed by atoms with E-state index in [1.807, 2.05) is 24.8 Å². The smallest absolute Gasteiger partial charge is 0.254 e. The Hall–Kier alpha value is -3.41. The summed E-state index contributed by atoms with van der Waals surface area (Å²) in [6.07, 6.45) is 1.32. The van der Waals surface area contributed by atoms with E-state index in [-0.39, 0.29) is 33.7 Å². The van der Waals surface area contributed by atoms with E-state index >= 15 is 0 Å². The minimum Gasteiger partial charge on any atom is -0.489 e. The first-order valence-electron chi connectivity index (χ1n) is 13.3. The van der Waals surface area contributed by atoms with Gasteiger partial charge in [0.25, 0.3) is 5.91 Å². The Kier molecular flexibility index (Phi) is 7.89. The number of anilines is 4. The highest BCUT2D eigenvalue weighted by Crippen LogP contribution is 2.37. The highest BCUT2D eigenvalue weighted by molar-refractivity contribution is 7.92. The molecule has 1 aromatic heterocycles. The number of fused-ring (bicyclic) bond motifs is 1. The number of benzene rings is 2. The minimum absolute atomic E-state index is 0.0107. The van der Waals surface area contributed by atoms with Crippen LogP contribution in [-0.4, -0.2) is 60.2 Å². The fraction of sp³-hybridized carbons (Fsp3) is 0.393. The van der Waals surface area contributed by atoms with E-state index < -0.39 is 15.1 Å². The summed E-state index contributed by atoms with van der Waals surface area (Å²) in [6, 6.07) is 10.3.